The number of rotatable bonds is 5. The zero-order valence-corrected chi connectivity index (χ0v) is 12.6. The first kappa shape index (κ1) is 14.0. The quantitative estimate of drug-likeness (QED) is 0.853. The molecule has 0 aromatic heterocycles. The van der Waals surface area contributed by atoms with Gasteiger partial charge in [0.25, 0.3) is 0 Å². The minimum absolute atomic E-state index is 0.496. The minimum atomic E-state index is 0.496. The molecule has 1 aliphatic carbocycles. The van der Waals surface area contributed by atoms with Crippen molar-refractivity contribution in [2.45, 2.75) is 50.8 Å². The molecule has 100 valence electrons. The van der Waals surface area contributed by atoms with E-state index in [-0.39, 0.29) is 0 Å². The predicted octanol–water partition coefficient (Wildman–Crippen LogP) is 4.24. The molecule has 1 unspecified atom stereocenters. The first-order valence-electron chi connectivity index (χ1n) is 7.06. The van der Waals surface area contributed by atoms with Crippen LogP contribution >= 0.6 is 11.8 Å². The molecule has 1 aromatic carbocycles. The Morgan fingerprint density at radius 2 is 2.00 bits per heavy atom. The molecule has 1 N–H and O–H groups in total. The zero-order valence-electron chi connectivity index (χ0n) is 11.8. The van der Waals surface area contributed by atoms with Crippen LogP contribution in [0.3, 0.4) is 0 Å². The fourth-order valence-corrected chi connectivity index (χ4v) is 4.23. The van der Waals surface area contributed by atoms with Crippen molar-refractivity contribution in [3.8, 4) is 0 Å². The molecule has 1 atom stereocenters. The summed E-state index contributed by atoms with van der Waals surface area (Å²) < 4.78 is 0. The van der Waals surface area contributed by atoms with Gasteiger partial charge >= 0.3 is 0 Å². The zero-order chi connectivity index (χ0) is 13.0. The highest BCUT2D eigenvalue weighted by molar-refractivity contribution is 7.99. The lowest BCUT2D eigenvalue weighted by Gasteiger charge is -2.21. The van der Waals surface area contributed by atoms with Crippen LogP contribution in [-0.4, -0.2) is 18.1 Å². The highest BCUT2D eigenvalue weighted by Crippen LogP contribution is 2.32. The second-order valence-corrected chi connectivity index (χ2v) is 6.77. The van der Waals surface area contributed by atoms with Crippen LogP contribution < -0.4 is 5.32 Å². The van der Waals surface area contributed by atoms with E-state index in [1.165, 1.54) is 48.1 Å². The summed E-state index contributed by atoms with van der Waals surface area (Å²) in [4.78, 5) is 0. The van der Waals surface area contributed by atoms with Gasteiger partial charge in [0.1, 0.15) is 0 Å². The number of thioether (sulfide) groups is 1. The molecule has 0 radical (unpaired) electrons. The maximum Gasteiger partial charge on any atom is 0.0412 e. The van der Waals surface area contributed by atoms with Crippen molar-refractivity contribution in [3.63, 3.8) is 0 Å². The summed E-state index contributed by atoms with van der Waals surface area (Å²) in [7, 11) is 2.08. The molecule has 0 aliphatic heterocycles. The van der Waals surface area contributed by atoms with Gasteiger partial charge < -0.3 is 5.32 Å². The second kappa shape index (κ2) is 6.63. The Balaban J connectivity index is 2.00. The van der Waals surface area contributed by atoms with Crippen LogP contribution in [0.1, 0.15) is 48.4 Å². The van der Waals surface area contributed by atoms with Gasteiger partial charge in [-0.05, 0) is 44.9 Å². The highest BCUT2D eigenvalue weighted by Gasteiger charge is 2.18. The number of benzene rings is 1. The van der Waals surface area contributed by atoms with E-state index in [0.717, 1.165) is 5.25 Å². The van der Waals surface area contributed by atoms with Gasteiger partial charge in [0.2, 0.25) is 0 Å². The van der Waals surface area contributed by atoms with E-state index in [0.29, 0.717) is 6.04 Å². The largest absolute Gasteiger partial charge is 0.312 e. The predicted molar refractivity (Wildman–Crippen MR) is 82.4 cm³/mol. The molecular weight excluding hydrogens is 238 g/mol. The smallest absolute Gasteiger partial charge is 0.0412 e. The summed E-state index contributed by atoms with van der Waals surface area (Å²) in [6.45, 7) is 4.40. The Bertz CT molecular complexity index is 383. The summed E-state index contributed by atoms with van der Waals surface area (Å²) in [5.74, 6) is 1.20. The Morgan fingerprint density at radius 3 is 2.67 bits per heavy atom. The Kier molecular flexibility index (Phi) is 5.13. The third-order valence-electron chi connectivity index (χ3n) is 3.96. The molecule has 0 spiro atoms. The molecule has 1 aliphatic rings. The molecule has 2 heteroatoms. The van der Waals surface area contributed by atoms with E-state index in [9.17, 15) is 0 Å². The third-order valence-corrected chi connectivity index (χ3v) is 5.43. The minimum Gasteiger partial charge on any atom is -0.312 e. The molecule has 0 bridgehead atoms. The summed E-state index contributed by atoms with van der Waals surface area (Å²) in [5.41, 5.74) is 4.25. The van der Waals surface area contributed by atoms with Crippen LogP contribution in [0.2, 0.25) is 0 Å². The van der Waals surface area contributed by atoms with Crippen molar-refractivity contribution < 1.29 is 0 Å². The Morgan fingerprint density at radius 1 is 1.28 bits per heavy atom. The van der Waals surface area contributed by atoms with Gasteiger partial charge in [-0.2, -0.15) is 11.8 Å². The monoisotopic (exact) mass is 263 g/mol. The van der Waals surface area contributed by atoms with Gasteiger partial charge in [0.05, 0.1) is 0 Å². The second-order valence-electron chi connectivity index (χ2n) is 5.44. The molecule has 0 saturated heterocycles. The normalized spacial score (nSPS) is 18.2. The van der Waals surface area contributed by atoms with Crippen LogP contribution in [0, 0.1) is 13.8 Å². The lowest BCUT2D eigenvalue weighted by Crippen LogP contribution is -2.21. The average Bonchev–Trinajstić information content (AvgIpc) is 2.87. The van der Waals surface area contributed by atoms with Crippen LogP contribution in [-0.2, 0) is 0 Å². The fourth-order valence-electron chi connectivity index (χ4n) is 2.75. The number of aryl methyl sites for hydroxylation is 2. The van der Waals surface area contributed by atoms with Crippen LogP contribution in [0.15, 0.2) is 18.2 Å². The first-order chi connectivity index (χ1) is 8.70. The van der Waals surface area contributed by atoms with Crippen molar-refractivity contribution >= 4 is 11.8 Å². The Hall–Kier alpha value is -0.470. The molecule has 2 rings (SSSR count). The Labute approximate surface area is 116 Å². The number of hydrogen-bond acceptors (Lipinski definition) is 2. The average molecular weight is 263 g/mol. The van der Waals surface area contributed by atoms with E-state index in [2.05, 4.69) is 56.2 Å². The molecule has 1 fully saturated rings. The van der Waals surface area contributed by atoms with E-state index < -0.39 is 0 Å². The number of hydrogen-bond donors (Lipinski definition) is 1. The lowest BCUT2D eigenvalue weighted by molar-refractivity contribution is 0.655. The van der Waals surface area contributed by atoms with Gasteiger partial charge in [0.15, 0.2) is 0 Å². The van der Waals surface area contributed by atoms with E-state index in [4.69, 9.17) is 0 Å². The molecule has 1 nitrogen and oxygen atoms in total. The van der Waals surface area contributed by atoms with Crippen LogP contribution in [0.25, 0.3) is 0 Å². The molecular formula is C16H25NS. The van der Waals surface area contributed by atoms with Gasteiger partial charge in [-0.15, -0.1) is 0 Å². The van der Waals surface area contributed by atoms with Gasteiger partial charge in [-0.25, -0.2) is 0 Å². The van der Waals surface area contributed by atoms with Crippen molar-refractivity contribution in [1.29, 1.82) is 0 Å². The van der Waals surface area contributed by atoms with Crippen molar-refractivity contribution in [2.24, 2.45) is 0 Å². The summed E-state index contributed by atoms with van der Waals surface area (Å²) in [6.07, 6.45) is 5.72. The van der Waals surface area contributed by atoms with Crippen molar-refractivity contribution in [3.05, 3.63) is 34.9 Å². The fraction of sp³-hybridized carbons (Fsp3) is 0.625. The topological polar surface area (TPSA) is 12.0 Å². The van der Waals surface area contributed by atoms with E-state index in [1.54, 1.807) is 0 Å². The standard InChI is InChI=1S/C16H25NS/c1-12-8-9-13(2)15(10-12)16(17-3)11-18-14-6-4-5-7-14/h8-10,14,16-17H,4-7,11H2,1-3H3. The molecule has 18 heavy (non-hydrogen) atoms. The van der Waals surface area contributed by atoms with Crippen LogP contribution in [0.4, 0.5) is 0 Å². The molecule has 0 heterocycles. The highest BCUT2D eigenvalue weighted by atomic mass is 32.2. The maximum absolute atomic E-state index is 3.49. The van der Waals surface area contributed by atoms with Crippen molar-refractivity contribution in [1.82, 2.24) is 5.32 Å². The van der Waals surface area contributed by atoms with Gasteiger partial charge in [-0.1, -0.05) is 36.6 Å². The van der Waals surface area contributed by atoms with E-state index >= 15 is 0 Å². The lowest BCUT2D eigenvalue weighted by atomic mass is 10.0. The first-order valence-corrected chi connectivity index (χ1v) is 8.11. The van der Waals surface area contributed by atoms with Gasteiger partial charge in [0, 0.05) is 17.0 Å². The summed E-state index contributed by atoms with van der Waals surface area (Å²) in [6, 6.07) is 7.28. The van der Waals surface area contributed by atoms with Gasteiger partial charge in [-0.3, -0.25) is 0 Å². The maximum atomic E-state index is 3.49. The SMILES string of the molecule is CNC(CSC1CCCC1)c1cc(C)ccc1C. The molecule has 0 amide bonds. The summed E-state index contributed by atoms with van der Waals surface area (Å²) in [5, 5.41) is 4.40. The van der Waals surface area contributed by atoms with E-state index in [1.807, 2.05) is 0 Å². The molecule has 1 aromatic rings. The number of nitrogens with one attached hydrogen (secondary N) is 1. The summed E-state index contributed by atoms with van der Waals surface area (Å²) >= 11 is 2.16. The third kappa shape index (κ3) is 3.52. The molecule has 1 saturated carbocycles. The van der Waals surface area contributed by atoms with Crippen LogP contribution in [0.5, 0.6) is 0 Å². The van der Waals surface area contributed by atoms with Crippen molar-refractivity contribution in [2.75, 3.05) is 12.8 Å².